The van der Waals surface area contributed by atoms with Gasteiger partial charge in [0.15, 0.2) is 5.69 Å². The van der Waals surface area contributed by atoms with Gasteiger partial charge in [-0.05, 0) is 33.8 Å². The minimum atomic E-state index is -4.80. The molecule has 0 atom stereocenters. The van der Waals surface area contributed by atoms with Gasteiger partial charge in [0.2, 0.25) is 5.75 Å². The number of rotatable bonds is 2. The van der Waals surface area contributed by atoms with Crippen LogP contribution in [0.2, 0.25) is 0 Å². The number of nitrogens with zero attached hydrogens (tertiary/aromatic N) is 1. The molecule has 0 fully saturated rings. The average Bonchev–Trinajstić information content (AvgIpc) is 2.38. The lowest BCUT2D eigenvalue weighted by Crippen LogP contribution is -2.30. The van der Waals surface area contributed by atoms with E-state index in [0.717, 1.165) is 5.56 Å². The number of hydrogen-bond acceptors (Lipinski definition) is 3. The van der Waals surface area contributed by atoms with E-state index in [1.165, 1.54) is 0 Å². The van der Waals surface area contributed by atoms with Crippen molar-refractivity contribution in [1.29, 1.82) is 0 Å². The molecule has 0 spiro atoms. The van der Waals surface area contributed by atoms with Gasteiger partial charge in [-0.3, -0.25) is 4.79 Å². The Bertz CT molecular complexity index is 774. The molecule has 2 rings (SSSR count). The molecule has 0 amide bonds. The molecule has 7 heteroatoms. The van der Waals surface area contributed by atoms with E-state index in [1.54, 1.807) is 52.0 Å². The van der Waals surface area contributed by atoms with Crippen molar-refractivity contribution in [3.05, 3.63) is 45.9 Å². The Morgan fingerprint density at radius 3 is 2.35 bits per heavy atom. The second-order valence-corrected chi connectivity index (χ2v) is 6.17. The third-order valence-electron chi connectivity index (χ3n) is 2.85. The van der Waals surface area contributed by atoms with Gasteiger partial charge in [0, 0.05) is 5.56 Å². The first-order valence-corrected chi connectivity index (χ1v) is 6.95. The highest BCUT2D eigenvalue weighted by atomic mass is 19.4. The summed E-state index contributed by atoms with van der Waals surface area (Å²) in [4.78, 5) is 18.1. The number of ether oxygens (including phenoxy) is 1. The second-order valence-electron chi connectivity index (χ2n) is 6.17. The molecule has 1 aromatic carbocycles. The van der Waals surface area contributed by atoms with Gasteiger partial charge in [-0.25, -0.2) is 4.98 Å². The predicted molar refractivity (Wildman–Crippen MR) is 80.4 cm³/mol. The summed E-state index contributed by atoms with van der Waals surface area (Å²) in [6.45, 7) is 6.46. The van der Waals surface area contributed by atoms with Gasteiger partial charge in [-0.2, -0.15) is 13.2 Å². The molecule has 4 nitrogen and oxygen atoms in total. The minimum absolute atomic E-state index is 0.146. The average molecular weight is 326 g/mol. The topological polar surface area (TPSA) is 55.0 Å². The maximum absolute atomic E-state index is 13.3. The molecule has 0 saturated carbocycles. The lowest BCUT2D eigenvalue weighted by molar-refractivity contribution is -0.143. The largest absolute Gasteiger partial charge is 0.481 e. The number of aromatic amines is 1. The Morgan fingerprint density at radius 1 is 1.17 bits per heavy atom. The molecule has 124 valence electrons. The highest BCUT2D eigenvalue weighted by Gasteiger charge is 2.39. The number of H-pyrrole nitrogens is 1. The fraction of sp³-hybridized carbons (Fsp3) is 0.375. The molecule has 1 aromatic heterocycles. The van der Waals surface area contributed by atoms with Gasteiger partial charge in [0.05, 0.1) is 0 Å². The molecule has 0 radical (unpaired) electrons. The molecule has 1 N–H and O–H groups in total. The van der Waals surface area contributed by atoms with Crippen LogP contribution in [0, 0.1) is 6.92 Å². The van der Waals surface area contributed by atoms with Gasteiger partial charge in [0.25, 0.3) is 5.56 Å². The molecule has 0 unspecified atom stereocenters. The van der Waals surface area contributed by atoms with Crippen molar-refractivity contribution in [2.24, 2.45) is 0 Å². The van der Waals surface area contributed by atoms with Gasteiger partial charge in [0.1, 0.15) is 11.4 Å². The van der Waals surface area contributed by atoms with Gasteiger partial charge >= 0.3 is 6.18 Å². The maximum atomic E-state index is 13.3. The first-order chi connectivity index (χ1) is 10.5. The lowest BCUT2D eigenvalue weighted by atomic mass is 10.1. The molecule has 2 aromatic rings. The van der Waals surface area contributed by atoms with E-state index in [4.69, 9.17) is 4.74 Å². The van der Waals surface area contributed by atoms with E-state index >= 15 is 0 Å². The SMILES string of the molecule is Cc1cccc(-c2nc(C(F)(F)F)c(OC(C)(C)C)c(=O)[nH]2)c1. The molecule has 1 heterocycles. The summed E-state index contributed by atoms with van der Waals surface area (Å²) in [6, 6.07) is 6.69. The van der Waals surface area contributed by atoms with Gasteiger partial charge in [-0.1, -0.05) is 23.8 Å². The highest BCUT2D eigenvalue weighted by Crippen LogP contribution is 2.35. The Labute approximate surface area is 131 Å². The smallest absolute Gasteiger partial charge is 0.437 e. The van der Waals surface area contributed by atoms with Crippen LogP contribution in [0.3, 0.4) is 0 Å². The van der Waals surface area contributed by atoms with Crippen LogP contribution in [0.5, 0.6) is 5.75 Å². The van der Waals surface area contributed by atoms with Crippen LogP contribution in [-0.4, -0.2) is 15.6 Å². The summed E-state index contributed by atoms with van der Waals surface area (Å²) in [5.41, 5.74) is -2.01. The molecule has 23 heavy (non-hydrogen) atoms. The van der Waals surface area contributed by atoms with Crippen molar-refractivity contribution < 1.29 is 17.9 Å². The van der Waals surface area contributed by atoms with Crippen LogP contribution in [0.15, 0.2) is 29.1 Å². The quantitative estimate of drug-likeness (QED) is 0.909. The summed E-state index contributed by atoms with van der Waals surface area (Å²) in [5.74, 6) is -0.964. The Hall–Kier alpha value is -2.31. The Morgan fingerprint density at radius 2 is 1.83 bits per heavy atom. The van der Waals surface area contributed by atoms with Crippen molar-refractivity contribution >= 4 is 0 Å². The fourth-order valence-corrected chi connectivity index (χ4v) is 1.98. The molecule has 0 saturated heterocycles. The van der Waals surface area contributed by atoms with Crippen molar-refractivity contribution in [2.75, 3.05) is 0 Å². The molecule has 0 aliphatic heterocycles. The van der Waals surface area contributed by atoms with Crippen LogP contribution < -0.4 is 10.3 Å². The molecule has 0 bridgehead atoms. The normalized spacial score (nSPS) is 12.3. The summed E-state index contributed by atoms with van der Waals surface area (Å²) in [7, 11) is 0. The summed E-state index contributed by atoms with van der Waals surface area (Å²) >= 11 is 0. The summed E-state index contributed by atoms with van der Waals surface area (Å²) in [6.07, 6.45) is -4.80. The zero-order valence-corrected chi connectivity index (χ0v) is 13.2. The number of alkyl halides is 3. The number of aryl methyl sites for hydroxylation is 1. The zero-order valence-electron chi connectivity index (χ0n) is 13.2. The van der Waals surface area contributed by atoms with E-state index in [-0.39, 0.29) is 5.82 Å². The zero-order chi connectivity index (χ0) is 17.4. The first kappa shape index (κ1) is 17.1. The Balaban J connectivity index is 2.67. The number of halogens is 3. The number of hydrogen-bond donors (Lipinski definition) is 1. The van der Waals surface area contributed by atoms with Crippen molar-refractivity contribution in [3.8, 4) is 17.1 Å². The molecule has 0 aliphatic rings. The molecular weight excluding hydrogens is 309 g/mol. The number of benzene rings is 1. The highest BCUT2D eigenvalue weighted by molar-refractivity contribution is 5.56. The fourth-order valence-electron chi connectivity index (χ4n) is 1.98. The number of nitrogens with one attached hydrogen (secondary N) is 1. The molecular formula is C16H17F3N2O2. The maximum Gasteiger partial charge on any atom is 0.437 e. The van der Waals surface area contributed by atoms with E-state index in [1.807, 2.05) is 0 Å². The molecule has 0 aliphatic carbocycles. The van der Waals surface area contributed by atoms with E-state index in [9.17, 15) is 18.0 Å². The third-order valence-corrected chi connectivity index (χ3v) is 2.85. The summed E-state index contributed by atoms with van der Waals surface area (Å²) in [5, 5.41) is 0. The van der Waals surface area contributed by atoms with E-state index < -0.39 is 28.8 Å². The Kier molecular flexibility index (Phi) is 4.24. The first-order valence-electron chi connectivity index (χ1n) is 6.95. The second kappa shape index (κ2) is 5.72. The van der Waals surface area contributed by atoms with Gasteiger partial charge in [-0.15, -0.1) is 0 Å². The van der Waals surface area contributed by atoms with Crippen molar-refractivity contribution in [2.45, 2.75) is 39.5 Å². The van der Waals surface area contributed by atoms with Gasteiger partial charge < -0.3 is 9.72 Å². The monoisotopic (exact) mass is 326 g/mol. The minimum Gasteiger partial charge on any atom is -0.481 e. The van der Waals surface area contributed by atoms with Crippen LogP contribution in [0.4, 0.5) is 13.2 Å². The lowest BCUT2D eigenvalue weighted by Gasteiger charge is -2.22. The van der Waals surface area contributed by atoms with Crippen LogP contribution >= 0.6 is 0 Å². The third kappa shape index (κ3) is 4.12. The summed E-state index contributed by atoms with van der Waals surface area (Å²) < 4.78 is 45.0. The predicted octanol–water partition coefficient (Wildman–Crippen LogP) is 3.94. The van der Waals surface area contributed by atoms with E-state index in [2.05, 4.69) is 9.97 Å². The van der Waals surface area contributed by atoms with Crippen molar-refractivity contribution in [3.63, 3.8) is 0 Å². The van der Waals surface area contributed by atoms with Crippen molar-refractivity contribution in [1.82, 2.24) is 9.97 Å². The van der Waals surface area contributed by atoms with Crippen LogP contribution in [-0.2, 0) is 6.18 Å². The standard InChI is InChI=1S/C16H17F3N2O2/c1-9-6-5-7-10(8-9)13-20-12(16(17,18)19)11(14(22)21-13)23-15(2,3)4/h5-8H,1-4H3,(H,20,21,22). The number of aromatic nitrogens is 2. The van der Waals surface area contributed by atoms with Crippen LogP contribution in [0.1, 0.15) is 32.0 Å². The van der Waals surface area contributed by atoms with E-state index in [0.29, 0.717) is 5.56 Å². The van der Waals surface area contributed by atoms with Crippen LogP contribution in [0.25, 0.3) is 11.4 Å².